The summed E-state index contributed by atoms with van der Waals surface area (Å²) in [5, 5.41) is 11.3. The summed E-state index contributed by atoms with van der Waals surface area (Å²) >= 11 is 0. The van der Waals surface area contributed by atoms with Crippen LogP contribution in [0.1, 0.15) is 16.7 Å². The van der Waals surface area contributed by atoms with E-state index < -0.39 is 6.17 Å². The van der Waals surface area contributed by atoms with Crippen molar-refractivity contribution in [2.45, 2.75) is 12.6 Å². The SMILES string of the molecule is O=C1Cc2ccccc2C(c2ccccc2)=NC1Nc1nnc(-c2ccc(-n3ccnc3)cc2)o1. The van der Waals surface area contributed by atoms with Crippen molar-refractivity contribution in [2.75, 3.05) is 5.32 Å². The van der Waals surface area contributed by atoms with Crippen molar-refractivity contribution >= 4 is 17.5 Å². The number of benzene rings is 3. The minimum atomic E-state index is -0.852. The molecule has 0 amide bonds. The van der Waals surface area contributed by atoms with Gasteiger partial charge >= 0.3 is 6.01 Å². The van der Waals surface area contributed by atoms with Gasteiger partial charge in [-0.25, -0.2) is 4.98 Å². The van der Waals surface area contributed by atoms with Crippen LogP contribution in [0.2, 0.25) is 0 Å². The van der Waals surface area contributed by atoms with Gasteiger partial charge in [0.2, 0.25) is 5.89 Å². The molecule has 35 heavy (non-hydrogen) atoms. The van der Waals surface area contributed by atoms with Gasteiger partial charge in [-0.1, -0.05) is 59.7 Å². The molecule has 1 unspecified atom stereocenters. The Morgan fingerprint density at radius 1 is 0.886 bits per heavy atom. The van der Waals surface area contributed by atoms with Gasteiger partial charge in [-0.15, -0.1) is 5.10 Å². The Hall–Kier alpha value is -4.85. The lowest BCUT2D eigenvalue weighted by atomic mass is 9.96. The van der Waals surface area contributed by atoms with Crippen LogP contribution in [-0.4, -0.2) is 37.4 Å². The summed E-state index contributed by atoms with van der Waals surface area (Å²) in [6.45, 7) is 0. The van der Waals surface area contributed by atoms with Crippen LogP contribution in [0.25, 0.3) is 17.1 Å². The summed E-state index contributed by atoms with van der Waals surface area (Å²) in [5.74, 6) is 0.272. The fraction of sp³-hybridized carbons (Fsp3) is 0.0741. The van der Waals surface area contributed by atoms with Crippen LogP contribution in [0.4, 0.5) is 6.01 Å². The molecule has 1 aliphatic heterocycles. The van der Waals surface area contributed by atoms with Gasteiger partial charge < -0.3 is 14.3 Å². The molecule has 0 radical (unpaired) electrons. The lowest BCUT2D eigenvalue weighted by Crippen LogP contribution is -2.29. The Kier molecular flexibility index (Phi) is 5.23. The molecule has 0 bridgehead atoms. The summed E-state index contributed by atoms with van der Waals surface area (Å²) in [7, 11) is 0. The van der Waals surface area contributed by atoms with E-state index >= 15 is 0 Å². The van der Waals surface area contributed by atoms with Crippen LogP contribution >= 0.6 is 0 Å². The van der Waals surface area contributed by atoms with Gasteiger partial charge in [-0.05, 0) is 29.8 Å². The summed E-state index contributed by atoms with van der Waals surface area (Å²) in [6.07, 6.45) is 4.73. The molecule has 1 N–H and O–H groups in total. The number of imidazole rings is 1. The van der Waals surface area contributed by atoms with E-state index in [9.17, 15) is 4.79 Å². The third-order valence-corrected chi connectivity index (χ3v) is 5.85. The van der Waals surface area contributed by atoms with Gasteiger partial charge in [-0.2, -0.15) is 0 Å². The second kappa shape index (κ2) is 8.83. The number of rotatable bonds is 5. The van der Waals surface area contributed by atoms with Crippen molar-refractivity contribution in [2.24, 2.45) is 4.99 Å². The topological polar surface area (TPSA) is 98.2 Å². The molecule has 3 heterocycles. The number of ketones is 1. The number of carbonyl (C=O) groups excluding carboxylic acids is 1. The van der Waals surface area contributed by atoms with Crippen LogP contribution in [0, 0.1) is 0 Å². The number of aromatic nitrogens is 4. The van der Waals surface area contributed by atoms with Gasteiger partial charge in [0, 0.05) is 41.2 Å². The number of anilines is 1. The Balaban J connectivity index is 1.29. The lowest BCUT2D eigenvalue weighted by molar-refractivity contribution is -0.119. The summed E-state index contributed by atoms with van der Waals surface area (Å²) in [4.78, 5) is 22.0. The first kappa shape index (κ1) is 20.7. The average Bonchev–Trinajstić information content (AvgIpc) is 3.58. The summed E-state index contributed by atoms with van der Waals surface area (Å²) < 4.78 is 7.74. The maximum absolute atomic E-state index is 13.1. The van der Waals surface area contributed by atoms with Crippen molar-refractivity contribution in [3.05, 3.63) is 114 Å². The van der Waals surface area contributed by atoms with E-state index in [1.165, 1.54) is 0 Å². The van der Waals surface area contributed by atoms with Gasteiger partial charge in [0.15, 0.2) is 11.9 Å². The second-order valence-electron chi connectivity index (χ2n) is 8.12. The molecule has 8 nitrogen and oxygen atoms in total. The zero-order valence-electron chi connectivity index (χ0n) is 18.6. The normalized spacial score (nSPS) is 15.3. The quantitative estimate of drug-likeness (QED) is 0.419. The molecule has 1 aliphatic rings. The minimum Gasteiger partial charge on any atom is -0.403 e. The highest BCUT2D eigenvalue weighted by atomic mass is 16.4. The van der Waals surface area contributed by atoms with Gasteiger partial charge in [0.1, 0.15) is 0 Å². The van der Waals surface area contributed by atoms with E-state index in [1.807, 2.05) is 89.6 Å². The third kappa shape index (κ3) is 4.13. The number of aliphatic imine (C=N–C) groups is 1. The minimum absolute atomic E-state index is 0.0761. The van der Waals surface area contributed by atoms with Gasteiger partial charge in [0.25, 0.3) is 0 Å². The monoisotopic (exact) mass is 460 g/mol. The van der Waals surface area contributed by atoms with Crippen molar-refractivity contribution in [1.29, 1.82) is 0 Å². The van der Waals surface area contributed by atoms with E-state index in [2.05, 4.69) is 20.5 Å². The molecule has 1 atom stereocenters. The number of hydrogen-bond acceptors (Lipinski definition) is 7. The van der Waals surface area contributed by atoms with Crippen LogP contribution in [0.3, 0.4) is 0 Å². The summed E-state index contributed by atoms with van der Waals surface area (Å²) in [5.41, 5.74) is 5.30. The molecule has 0 spiro atoms. The first-order chi connectivity index (χ1) is 17.2. The number of fused-ring (bicyclic) bond motifs is 1. The van der Waals surface area contributed by atoms with Crippen LogP contribution in [-0.2, 0) is 11.2 Å². The highest BCUT2D eigenvalue weighted by Gasteiger charge is 2.27. The largest absolute Gasteiger partial charge is 0.403 e. The zero-order chi connectivity index (χ0) is 23.6. The molecule has 5 aromatic rings. The standard InChI is InChI=1S/C27H20N6O2/c34-23-16-20-8-4-5-9-22(20)24(18-6-2-1-3-7-18)29-25(23)30-27-32-31-26(35-27)19-10-12-21(13-11-19)33-15-14-28-17-33/h1-15,17,25H,16H2,(H,30,32). The Bertz CT molecular complexity index is 1510. The van der Waals surface area contributed by atoms with Gasteiger partial charge in [0.05, 0.1) is 12.0 Å². The maximum Gasteiger partial charge on any atom is 0.317 e. The van der Waals surface area contributed by atoms with Crippen LogP contribution in [0.15, 0.2) is 107 Å². The van der Waals surface area contributed by atoms with Crippen LogP contribution in [0.5, 0.6) is 0 Å². The highest BCUT2D eigenvalue weighted by molar-refractivity contribution is 6.16. The van der Waals surface area contributed by atoms with E-state index in [4.69, 9.17) is 9.41 Å². The smallest absolute Gasteiger partial charge is 0.317 e. The molecule has 0 aliphatic carbocycles. The molecular formula is C27H20N6O2. The van der Waals surface area contributed by atoms with Crippen molar-refractivity contribution in [3.63, 3.8) is 0 Å². The van der Waals surface area contributed by atoms with Crippen molar-refractivity contribution in [1.82, 2.24) is 19.7 Å². The lowest BCUT2D eigenvalue weighted by Gasteiger charge is -2.11. The number of hydrogen-bond donors (Lipinski definition) is 1. The fourth-order valence-electron chi connectivity index (χ4n) is 4.10. The van der Waals surface area contributed by atoms with E-state index in [-0.39, 0.29) is 18.2 Å². The number of nitrogens with one attached hydrogen (secondary N) is 1. The molecule has 0 saturated heterocycles. The number of Topliss-reactive ketones (excluding diaryl/α,β-unsaturated/α-hetero) is 1. The molecule has 0 fully saturated rings. The van der Waals surface area contributed by atoms with Gasteiger partial charge in [-0.3, -0.25) is 9.79 Å². The van der Waals surface area contributed by atoms with Crippen molar-refractivity contribution < 1.29 is 9.21 Å². The Morgan fingerprint density at radius 3 is 2.49 bits per heavy atom. The molecule has 2 aromatic heterocycles. The van der Waals surface area contributed by atoms with Crippen LogP contribution < -0.4 is 5.32 Å². The first-order valence-electron chi connectivity index (χ1n) is 11.2. The maximum atomic E-state index is 13.1. The Morgan fingerprint density at radius 2 is 1.69 bits per heavy atom. The molecule has 3 aromatic carbocycles. The fourth-order valence-corrected chi connectivity index (χ4v) is 4.10. The predicted octanol–water partition coefficient (Wildman–Crippen LogP) is 4.32. The molecular weight excluding hydrogens is 440 g/mol. The third-order valence-electron chi connectivity index (χ3n) is 5.85. The van der Waals surface area contributed by atoms with Crippen molar-refractivity contribution in [3.8, 4) is 17.1 Å². The molecule has 6 rings (SSSR count). The first-order valence-corrected chi connectivity index (χ1v) is 11.2. The second-order valence-corrected chi connectivity index (χ2v) is 8.12. The predicted molar refractivity (Wildman–Crippen MR) is 132 cm³/mol. The van der Waals surface area contributed by atoms with E-state index in [0.29, 0.717) is 5.89 Å². The summed E-state index contributed by atoms with van der Waals surface area (Å²) in [6, 6.07) is 25.5. The molecule has 170 valence electrons. The molecule has 8 heteroatoms. The number of carbonyl (C=O) groups is 1. The molecule has 0 saturated carbocycles. The Labute approximate surface area is 201 Å². The zero-order valence-corrected chi connectivity index (χ0v) is 18.6. The average molecular weight is 460 g/mol. The number of nitrogens with zero attached hydrogens (tertiary/aromatic N) is 5. The highest BCUT2D eigenvalue weighted by Crippen LogP contribution is 2.25. The van der Waals surface area contributed by atoms with E-state index in [1.54, 1.807) is 12.5 Å². The van der Waals surface area contributed by atoms with E-state index in [0.717, 1.165) is 33.7 Å².